The summed E-state index contributed by atoms with van der Waals surface area (Å²) in [5, 5.41) is 3.33. The molecule has 0 spiro atoms. The number of benzene rings is 1. The lowest BCUT2D eigenvalue weighted by atomic mass is 10.1. The summed E-state index contributed by atoms with van der Waals surface area (Å²) in [6.45, 7) is 3.57. The minimum absolute atomic E-state index is 0.328. The average molecular weight is 325 g/mol. The topological polar surface area (TPSA) is 68.3 Å². The van der Waals surface area contributed by atoms with Gasteiger partial charge in [-0.25, -0.2) is 9.78 Å². The summed E-state index contributed by atoms with van der Waals surface area (Å²) >= 11 is 7.11. The van der Waals surface area contributed by atoms with E-state index in [1.54, 1.807) is 25.1 Å². The van der Waals surface area contributed by atoms with E-state index < -0.39 is 5.97 Å². The van der Waals surface area contributed by atoms with Crippen molar-refractivity contribution < 1.29 is 14.3 Å². The van der Waals surface area contributed by atoms with Gasteiger partial charge in [-0.3, -0.25) is 10.1 Å². The summed E-state index contributed by atoms with van der Waals surface area (Å²) in [4.78, 5) is 28.2. The molecule has 5 nitrogen and oxygen atoms in total. The van der Waals surface area contributed by atoms with Crippen LogP contribution in [0.4, 0.5) is 5.13 Å². The van der Waals surface area contributed by atoms with Crippen LogP contribution in [-0.2, 0) is 4.74 Å². The molecular weight excluding hydrogens is 312 g/mol. The summed E-state index contributed by atoms with van der Waals surface area (Å²) in [5.41, 5.74) is 1.83. The van der Waals surface area contributed by atoms with E-state index in [0.717, 1.165) is 16.9 Å². The van der Waals surface area contributed by atoms with Crippen LogP contribution in [-0.4, -0.2) is 24.0 Å². The minimum Gasteiger partial charge on any atom is -0.465 e. The molecule has 0 atom stereocenters. The number of thiazole rings is 1. The maximum absolute atomic E-state index is 12.2. The number of hydrogen-bond donors (Lipinski definition) is 1. The molecule has 0 fully saturated rings. The highest BCUT2D eigenvalue weighted by Gasteiger charge is 2.18. The number of nitrogens with one attached hydrogen (secondary N) is 1. The third kappa shape index (κ3) is 3.40. The number of amides is 1. The van der Waals surface area contributed by atoms with Gasteiger partial charge in [-0.15, -0.1) is 0 Å². The number of aryl methyl sites for hydroxylation is 2. The normalized spacial score (nSPS) is 10.3. The highest BCUT2D eigenvalue weighted by molar-refractivity contribution is 7.17. The molecule has 0 saturated carbocycles. The zero-order chi connectivity index (χ0) is 15.6. The van der Waals surface area contributed by atoms with Crippen LogP contribution in [0.25, 0.3) is 0 Å². The summed E-state index contributed by atoms with van der Waals surface area (Å²) in [6, 6.07) is 5.16. The van der Waals surface area contributed by atoms with Gasteiger partial charge in [0.25, 0.3) is 5.91 Å². The maximum atomic E-state index is 12.2. The Kier molecular flexibility index (Phi) is 4.59. The number of nitrogens with zero attached hydrogens (tertiary/aromatic N) is 1. The number of carbonyl (C=O) groups excluding carboxylic acids is 2. The number of halogens is 1. The van der Waals surface area contributed by atoms with E-state index in [9.17, 15) is 9.59 Å². The van der Waals surface area contributed by atoms with Crippen molar-refractivity contribution in [2.75, 3.05) is 12.4 Å². The van der Waals surface area contributed by atoms with Crippen molar-refractivity contribution in [3.63, 3.8) is 0 Å². The van der Waals surface area contributed by atoms with Gasteiger partial charge in [0.1, 0.15) is 4.88 Å². The van der Waals surface area contributed by atoms with Crippen LogP contribution >= 0.6 is 22.9 Å². The Morgan fingerprint density at radius 2 is 2.05 bits per heavy atom. The molecular formula is C14H13ClN2O3S. The third-order valence-electron chi connectivity index (χ3n) is 2.76. The molecule has 0 aliphatic carbocycles. The lowest BCUT2D eigenvalue weighted by Gasteiger charge is -2.04. The molecule has 1 heterocycles. The number of carbonyl (C=O) groups is 2. The van der Waals surface area contributed by atoms with Gasteiger partial charge in [-0.2, -0.15) is 0 Å². The van der Waals surface area contributed by atoms with E-state index in [1.165, 1.54) is 7.11 Å². The van der Waals surface area contributed by atoms with Crippen molar-refractivity contribution in [3.8, 4) is 0 Å². The van der Waals surface area contributed by atoms with Crippen molar-refractivity contribution in [2.24, 2.45) is 0 Å². The third-order valence-corrected chi connectivity index (χ3v) is 4.12. The predicted octanol–water partition coefficient (Wildman–Crippen LogP) is 3.45. The summed E-state index contributed by atoms with van der Waals surface area (Å²) in [5.74, 6) is -0.843. The molecule has 0 bridgehead atoms. The Balaban J connectivity index is 2.22. The molecule has 21 heavy (non-hydrogen) atoms. The lowest BCUT2D eigenvalue weighted by Crippen LogP contribution is -2.12. The smallest absolute Gasteiger partial charge is 0.350 e. The molecule has 0 radical (unpaired) electrons. The zero-order valence-electron chi connectivity index (χ0n) is 11.7. The van der Waals surface area contributed by atoms with E-state index >= 15 is 0 Å². The van der Waals surface area contributed by atoms with Crippen LogP contribution in [0.15, 0.2) is 18.2 Å². The second-order valence-corrected chi connectivity index (χ2v) is 5.77. The van der Waals surface area contributed by atoms with Crippen molar-refractivity contribution in [1.29, 1.82) is 0 Å². The van der Waals surface area contributed by atoms with Crippen LogP contribution in [0.2, 0.25) is 5.02 Å². The van der Waals surface area contributed by atoms with Gasteiger partial charge in [0.05, 0.1) is 23.4 Å². The fourth-order valence-electron chi connectivity index (χ4n) is 1.70. The number of methoxy groups -OCH3 is 1. The first-order valence-corrected chi connectivity index (χ1v) is 7.25. The van der Waals surface area contributed by atoms with Gasteiger partial charge < -0.3 is 4.74 Å². The molecule has 2 aromatic rings. The van der Waals surface area contributed by atoms with Gasteiger partial charge in [-0.1, -0.05) is 29.0 Å². The highest BCUT2D eigenvalue weighted by atomic mass is 35.5. The molecule has 0 unspecified atom stereocenters. The van der Waals surface area contributed by atoms with Gasteiger partial charge in [0, 0.05) is 0 Å². The second kappa shape index (κ2) is 6.24. The SMILES string of the molecule is COC(=O)c1sc(NC(=O)c2ccc(C)cc2Cl)nc1C. The largest absolute Gasteiger partial charge is 0.465 e. The molecule has 1 aromatic heterocycles. The summed E-state index contributed by atoms with van der Waals surface area (Å²) < 4.78 is 4.65. The number of esters is 1. The first kappa shape index (κ1) is 15.5. The fraction of sp³-hybridized carbons (Fsp3) is 0.214. The molecule has 0 saturated heterocycles. The number of hydrogen-bond acceptors (Lipinski definition) is 5. The fourth-order valence-corrected chi connectivity index (χ4v) is 2.90. The molecule has 1 N–H and O–H groups in total. The van der Waals surface area contributed by atoms with Gasteiger partial charge in [0.15, 0.2) is 5.13 Å². The predicted molar refractivity (Wildman–Crippen MR) is 82.3 cm³/mol. The molecule has 0 aliphatic rings. The minimum atomic E-state index is -0.473. The van der Waals surface area contributed by atoms with Crippen LogP contribution in [0.5, 0.6) is 0 Å². The first-order chi connectivity index (χ1) is 9.92. The molecule has 7 heteroatoms. The lowest BCUT2D eigenvalue weighted by molar-refractivity contribution is 0.0605. The Hall–Kier alpha value is -1.92. The van der Waals surface area contributed by atoms with E-state index in [2.05, 4.69) is 15.0 Å². The van der Waals surface area contributed by atoms with E-state index in [0.29, 0.717) is 26.3 Å². The standard InChI is InChI=1S/C14H13ClN2O3S/c1-7-4-5-9(10(15)6-7)12(18)17-14-16-8(2)11(21-14)13(19)20-3/h4-6H,1-3H3,(H,16,17,18). The Bertz CT molecular complexity index is 712. The van der Waals surface area contributed by atoms with Crippen molar-refractivity contribution in [3.05, 3.63) is 44.9 Å². The summed E-state index contributed by atoms with van der Waals surface area (Å²) in [6.07, 6.45) is 0. The maximum Gasteiger partial charge on any atom is 0.350 e. The molecule has 110 valence electrons. The number of ether oxygens (including phenoxy) is 1. The van der Waals surface area contributed by atoms with Crippen molar-refractivity contribution in [1.82, 2.24) is 4.98 Å². The number of aromatic nitrogens is 1. The Morgan fingerprint density at radius 1 is 1.33 bits per heavy atom. The number of anilines is 1. The first-order valence-electron chi connectivity index (χ1n) is 6.05. The highest BCUT2D eigenvalue weighted by Crippen LogP contribution is 2.25. The van der Waals surface area contributed by atoms with Gasteiger partial charge in [0.2, 0.25) is 0 Å². The van der Waals surface area contributed by atoms with Crippen LogP contribution in [0.1, 0.15) is 31.3 Å². The van der Waals surface area contributed by atoms with Crippen LogP contribution in [0, 0.1) is 13.8 Å². The molecule has 1 aromatic carbocycles. The van der Waals surface area contributed by atoms with Crippen LogP contribution < -0.4 is 5.32 Å². The second-order valence-electron chi connectivity index (χ2n) is 4.36. The monoisotopic (exact) mass is 324 g/mol. The van der Waals surface area contributed by atoms with E-state index in [-0.39, 0.29) is 5.91 Å². The number of rotatable bonds is 3. The Morgan fingerprint density at radius 3 is 2.67 bits per heavy atom. The molecule has 2 rings (SSSR count). The molecule has 0 aliphatic heterocycles. The molecule has 1 amide bonds. The zero-order valence-corrected chi connectivity index (χ0v) is 13.3. The van der Waals surface area contributed by atoms with Gasteiger partial charge >= 0.3 is 5.97 Å². The van der Waals surface area contributed by atoms with Crippen LogP contribution in [0.3, 0.4) is 0 Å². The summed E-state index contributed by atoms with van der Waals surface area (Å²) in [7, 11) is 1.30. The van der Waals surface area contributed by atoms with Gasteiger partial charge in [-0.05, 0) is 31.5 Å². The average Bonchev–Trinajstić information content (AvgIpc) is 2.78. The van der Waals surface area contributed by atoms with Crippen molar-refractivity contribution in [2.45, 2.75) is 13.8 Å². The van der Waals surface area contributed by atoms with E-state index in [1.807, 2.05) is 6.92 Å². The Labute approximate surface area is 130 Å². The quantitative estimate of drug-likeness (QED) is 0.878. The van der Waals surface area contributed by atoms with E-state index in [4.69, 9.17) is 11.6 Å². The van der Waals surface area contributed by atoms with Crippen molar-refractivity contribution >= 4 is 39.9 Å².